The molecule has 0 aromatic heterocycles. The molecule has 2 nitrogen and oxygen atoms in total. The van der Waals surface area contributed by atoms with E-state index in [1.54, 1.807) is 6.92 Å². The van der Waals surface area contributed by atoms with E-state index in [2.05, 4.69) is 24.0 Å². The Kier molecular flexibility index (Phi) is 3.84. The zero-order chi connectivity index (χ0) is 10.6. The molecule has 2 heteroatoms. The molecule has 0 aliphatic carbocycles. The summed E-state index contributed by atoms with van der Waals surface area (Å²) in [6, 6.07) is 10.5. The summed E-state index contributed by atoms with van der Waals surface area (Å²) in [6.45, 7) is 4.24. The van der Waals surface area contributed by atoms with Gasteiger partial charge in [-0.25, -0.2) is 0 Å². The van der Waals surface area contributed by atoms with Crippen LogP contribution >= 0.6 is 0 Å². The SMILES string of the molecule is CC(=O)CN(C)C(C)c1ccccc1. The second kappa shape index (κ2) is 4.91. The smallest absolute Gasteiger partial charge is 0.143 e. The topological polar surface area (TPSA) is 20.3 Å². The summed E-state index contributed by atoms with van der Waals surface area (Å²) in [6.07, 6.45) is 0. The van der Waals surface area contributed by atoms with E-state index >= 15 is 0 Å². The van der Waals surface area contributed by atoms with Crippen LogP contribution in [0.5, 0.6) is 0 Å². The Bertz CT molecular complexity index is 294. The lowest BCUT2D eigenvalue weighted by atomic mass is 10.1. The third-order valence-electron chi connectivity index (χ3n) is 2.42. The minimum Gasteiger partial charge on any atom is -0.299 e. The zero-order valence-corrected chi connectivity index (χ0v) is 9.03. The van der Waals surface area contributed by atoms with Gasteiger partial charge in [0.05, 0.1) is 6.54 Å². The van der Waals surface area contributed by atoms with Gasteiger partial charge in [-0.05, 0) is 26.5 Å². The number of benzene rings is 1. The predicted molar refractivity (Wildman–Crippen MR) is 58.2 cm³/mol. The molecule has 0 spiro atoms. The third-order valence-corrected chi connectivity index (χ3v) is 2.42. The molecule has 1 unspecified atom stereocenters. The van der Waals surface area contributed by atoms with E-state index in [9.17, 15) is 4.79 Å². The lowest BCUT2D eigenvalue weighted by Gasteiger charge is -2.23. The number of likely N-dealkylation sites (N-methyl/N-ethyl adjacent to an activating group) is 1. The fraction of sp³-hybridized carbons (Fsp3) is 0.417. The van der Waals surface area contributed by atoms with Gasteiger partial charge in [-0.1, -0.05) is 30.3 Å². The lowest BCUT2D eigenvalue weighted by molar-refractivity contribution is -0.118. The maximum atomic E-state index is 10.9. The Labute approximate surface area is 85.5 Å². The number of nitrogens with zero attached hydrogens (tertiary/aromatic N) is 1. The molecule has 1 aromatic carbocycles. The van der Waals surface area contributed by atoms with Gasteiger partial charge in [0.2, 0.25) is 0 Å². The molecular formula is C12H17NO. The summed E-state index contributed by atoms with van der Waals surface area (Å²) < 4.78 is 0. The summed E-state index contributed by atoms with van der Waals surface area (Å²) in [5, 5.41) is 0. The average Bonchev–Trinajstić information content (AvgIpc) is 2.17. The maximum absolute atomic E-state index is 10.9. The van der Waals surface area contributed by atoms with Crippen LogP contribution in [-0.4, -0.2) is 24.3 Å². The first kappa shape index (κ1) is 10.9. The van der Waals surface area contributed by atoms with E-state index in [-0.39, 0.29) is 5.78 Å². The highest BCUT2D eigenvalue weighted by Gasteiger charge is 2.11. The van der Waals surface area contributed by atoms with Crippen LogP contribution in [0.2, 0.25) is 0 Å². The first-order valence-electron chi connectivity index (χ1n) is 4.86. The first-order valence-corrected chi connectivity index (χ1v) is 4.86. The van der Waals surface area contributed by atoms with Gasteiger partial charge in [0.15, 0.2) is 0 Å². The van der Waals surface area contributed by atoms with E-state index in [4.69, 9.17) is 0 Å². The van der Waals surface area contributed by atoms with Crippen LogP contribution < -0.4 is 0 Å². The van der Waals surface area contributed by atoms with E-state index in [0.29, 0.717) is 12.6 Å². The van der Waals surface area contributed by atoms with E-state index in [1.807, 2.05) is 25.2 Å². The monoisotopic (exact) mass is 191 g/mol. The molecule has 1 atom stereocenters. The molecule has 0 radical (unpaired) electrons. The van der Waals surface area contributed by atoms with Crippen LogP contribution in [0.25, 0.3) is 0 Å². The van der Waals surface area contributed by atoms with Crippen LogP contribution in [-0.2, 0) is 4.79 Å². The summed E-state index contributed by atoms with van der Waals surface area (Å²) in [7, 11) is 1.97. The Morgan fingerprint density at radius 1 is 1.36 bits per heavy atom. The molecule has 0 heterocycles. The molecule has 0 amide bonds. The maximum Gasteiger partial charge on any atom is 0.143 e. The highest BCUT2D eigenvalue weighted by Crippen LogP contribution is 2.17. The van der Waals surface area contributed by atoms with Gasteiger partial charge in [-0.2, -0.15) is 0 Å². The minimum absolute atomic E-state index is 0.204. The molecule has 0 bridgehead atoms. The Balaban J connectivity index is 2.65. The van der Waals surface area contributed by atoms with Crippen molar-refractivity contribution in [2.75, 3.05) is 13.6 Å². The first-order chi connectivity index (χ1) is 6.61. The number of Topliss-reactive ketones (excluding diaryl/α,β-unsaturated/α-hetero) is 1. The van der Waals surface area contributed by atoms with Crippen molar-refractivity contribution in [3.05, 3.63) is 35.9 Å². The summed E-state index contributed by atoms with van der Waals surface area (Å²) in [5.74, 6) is 0.204. The summed E-state index contributed by atoms with van der Waals surface area (Å²) in [4.78, 5) is 13.0. The molecule has 1 aromatic rings. The quantitative estimate of drug-likeness (QED) is 0.727. The fourth-order valence-corrected chi connectivity index (χ4v) is 1.47. The second-order valence-electron chi connectivity index (χ2n) is 3.70. The molecule has 0 fully saturated rings. The van der Waals surface area contributed by atoms with Crippen molar-refractivity contribution < 1.29 is 4.79 Å². The van der Waals surface area contributed by atoms with E-state index < -0.39 is 0 Å². The van der Waals surface area contributed by atoms with Gasteiger partial charge in [0, 0.05) is 6.04 Å². The van der Waals surface area contributed by atoms with Crippen LogP contribution in [0.3, 0.4) is 0 Å². The number of hydrogen-bond donors (Lipinski definition) is 0. The normalized spacial score (nSPS) is 12.9. The largest absolute Gasteiger partial charge is 0.299 e. The summed E-state index contributed by atoms with van der Waals surface area (Å²) >= 11 is 0. The Morgan fingerprint density at radius 2 is 1.93 bits per heavy atom. The van der Waals surface area contributed by atoms with Crippen LogP contribution in [0.15, 0.2) is 30.3 Å². The van der Waals surface area contributed by atoms with Crippen LogP contribution in [0.1, 0.15) is 25.5 Å². The van der Waals surface area contributed by atoms with E-state index in [1.165, 1.54) is 5.56 Å². The van der Waals surface area contributed by atoms with E-state index in [0.717, 1.165) is 0 Å². The third kappa shape index (κ3) is 2.96. The van der Waals surface area contributed by atoms with Crippen molar-refractivity contribution in [3.63, 3.8) is 0 Å². The second-order valence-corrected chi connectivity index (χ2v) is 3.70. The van der Waals surface area contributed by atoms with Crippen molar-refractivity contribution in [1.82, 2.24) is 4.90 Å². The number of ketones is 1. The summed E-state index contributed by atoms with van der Waals surface area (Å²) in [5.41, 5.74) is 1.25. The van der Waals surface area contributed by atoms with Gasteiger partial charge < -0.3 is 0 Å². The molecule has 76 valence electrons. The minimum atomic E-state index is 0.204. The van der Waals surface area contributed by atoms with Gasteiger partial charge in [-0.15, -0.1) is 0 Å². The molecule has 0 aliphatic rings. The van der Waals surface area contributed by atoms with Crippen LogP contribution in [0.4, 0.5) is 0 Å². The molecule has 0 N–H and O–H groups in total. The van der Waals surface area contributed by atoms with Crippen molar-refractivity contribution >= 4 is 5.78 Å². The van der Waals surface area contributed by atoms with Crippen molar-refractivity contribution in [1.29, 1.82) is 0 Å². The van der Waals surface area contributed by atoms with Crippen LogP contribution in [0, 0.1) is 0 Å². The Hall–Kier alpha value is -1.15. The molecule has 0 saturated heterocycles. The average molecular weight is 191 g/mol. The lowest BCUT2D eigenvalue weighted by Crippen LogP contribution is -2.27. The molecule has 14 heavy (non-hydrogen) atoms. The number of hydrogen-bond acceptors (Lipinski definition) is 2. The standard InChI is InChI=1S/C12H17NO/c1-10(14)9-13(3)11(2)12-7-5-4-6-8-12/h4-8,11H,9H2,1-3H3. The van der Waals surface area contributed by atoms with Crippen molar-refractivity contribution in [2.45, 2.75) is 19.9 Å². The number of carbonyl (C=O) groups excluding carboxylic acids is 1. The highest BCUT2D eigenvalue weighted by molar-refractivity contribution is 5.77. The van der Waals surface area contributed by atoms with Gasteiger partial charge in [0.1, 0.15) is 5.78 Å². The molecule has 0 saturated carbocycles. The molecular weight excluding hydrogens is 174 g/mol. The Morgan fingerprint density at radius 3 is 2.43 bits per heavy atom. The number of rotatable bonds is 4. The molecule has 0 aliphatic heterocycles. The van der Waals surface area contributed by atoms with Gasteiger partial charge in [0.25, 0.3) is 0 Å². The zero-order valence-electron chi connectivity index (χ0n) is 9.03. The fourth-order valence-electron chi connectivity index (χ4n) is 1.47. The van der Waals surface area contributed by atoms with Crippen molar-refractivity contribution in [3.8, 4) is 0 Å². The van der Waals surface area contributed by atoms with Gasteiger partial charge in [-0.3, -0.25) is 9.69 Å². The van der Waals surface area contributed by atoms with Crippen molar-refractivity contribution in [2.24, 2.45) is 0 Å². The molecule has 1 rings (SSSR count). The predicted octanol–water partition coefficient (Wildman–Crippen LogP) is 2.27. The van der Waals surface area contributed by atoms with Gasteiger partial charge >= 0.3 is 0 Å². The number of carbonyl (C=O) groups is 1. The highest BCUT2D eigenvalue weighted by atomic mass is 16.1.